The maximum atomic E-state index is 5.43. The molecule has 21 heavy (non-hydrogen) atoms. The van der Waals surface area contributed by atoms with Crippen LogP contribution in [0.4, 0.5) is 0 Å². The number of rotatable bonds is 6. The minimum atomic E-state index is 0.207. The van der Waals surface area contributed by atoms with Crippen LogP contribution in [0.15, 0.2) is 48.5 Å². The summed E-state index contributed by atoms with van der Waals surface area (Å²) in [5, 5.41) is 3.60. The van der Waals surface area contributed by atoms with Gasteiger partial charge in [0.15, 0.2) is 0 Å². The molecule has 0 spiro atoms. The molecule has 0 heterocycles. The summed E-state index contributed by atoms with van der Waals surface area (Å²) in [6.07, 6.45) is 0. The monoisotopic (exact) mass is 285 g/mol. The lowest BCUT2D eigenvalue weighted by Crippen LogP contribution is -2.22. The number of methoxy groups -OCH3 is 2. The summed E-state index contributed by atoms with van der Waals surface area (Å²) in [5.41, 5.74) is 2.40. The van der Waals surface area contributed by atoms with Gasteiger partial charge in [0, 0.05) is 17.6 Å². The average Bonchev–Trinajstić information content (AvgIpc) is 2.54. The molecule has 0 aliphatic heterocycles. The van der Waals surface area contributed by atoms with Gasteiger partial charge >= 0.3 is 0 Å². The van der Waals surface area contributed by atoms with Crippen molar-refractivity contribution in [3.63, 3.8) is 0 Å². The number of benzene rings is 2. The maximum Gasteiger partial charge on any atom is 0.123 e. The Morgan fingerprint density at radius 2 is 1.48 bits per heavy atom. The SMILES string of the molecule is COc1ccc([C@H](C)NC(C)c2ccccc2OC)cc1. The summed E-state index contributed by atoms with van der Waals surface area (Å²) in [4.78, 5) is 0. The van der Waals surface area contributed by atoms with Crippen LogP contribution in [0.5, 0.6) is 11.5 Å². The number of hydrogen-bond acceptors (Lipinski definition) is 3. The Kier molecular flexibility index (Phi) is 5.23. The molecule has 3 nitrogen and oxygen atoms in total. The predicted octanol–water partition coefficient (Wildman–Crippen LogP) is 4.12. The molecule has 2 atom stereocenters. The van der Waals surface area contributed by atoms with E-state index in [4.69, 9.17) is 9.47 Å². The van der Waals surface area contributed by atoms with Crippen LogP contribution in [0.25, 0.3) is 0 Å². The van der Waals surface area contributed by atoms with Crippen molar-refractivity contribution in [1.29, 1.82) is 0 Å². The van der Waals surface area contributed by atoms with E-state index in [0.29, 0.717) is 0 Å². The summed E-state index contributed by atoms with van der Waals surface area (Å²) >= 11 is 0. The van der Waals surface area contributed by atoms with Gasteiger partial charge in [0.1, 0.15) is 11.5 Å². The summed E-state index contributed by atoms with van der Waals surface area (Å²) in [7, 11) is 3.39. The molecule has 112 valence electrons. The Bertz CT molecular complexity index is 566. The largest absolute Gasteiger partial charge is 0.497 e. The van der Waals surface area contributed by atoms with Crippen molar-refractivity contribution in [3.05, 3.63) is 59.7 Å². The molecule has 1 N–H and O–H groups in total. The van der Waals surface area contributed by atoms with E-state index in [1.807, 2.05) is 30.3 Å². The molecule has 0 saturated heterocycles. The highest BCUT2D eigenvalue weighted by Crippen LogP contribution is 2.27. The maximum absolute atomic E-state index is 5.43. The van der Waals surface area contributed by atoms with Gasteiger partial charge in [-0.2, -0.15) is 0 Å². The molecule has 3 heteroatoms. The fourth-order valence-electron chi connectivity index (χ4n) is 2.48. The molecular formula is C18H23NO2. The molecule has 0 aliphatic rings. The van der Waals surface area contributed by atoms with Crippen LogP contribution in [-0.2, 0) is 0 Å². The van der Waals surface area contributed by atoms with Gasteiger partial charge in [-0.1, -0.05) is 30.3 Å². The molecule has 0 fully saturated rings. The summed E-state index contributed by atoms with van der Waals surface area (Å²) in [5.74, 6) is 1.79. The molecule has 2 aromatic rings. The lowest BCUT2D eigenvalue weighted by Gasteiger charge is -2.22. The highest BCUT2D eigenvalue weighted by atomic mass is 16.5. The van der Waals surface area contributed by atoms with Crippen molar-refractivity contribution in [2.45, 2.75) is 25.9 Å². The van der Waals surface area contributed by atoms with E-state index in [1.165, 1.54) is 11.1 Å². The van der Waals surface area contributed by atoms with Gasteiger partial charge in [-0.05, 0) is 37.6 Å². The molecule has 0 aromatic heterocycles. The molecule has 0 bridgehead atoms. The fraction of sp³-hybridized carbons (Fsp3) is 0.333. The van der Waals surface area contributed by atoms with E-state index < -0.39 is 0 Å². The van der Waals surface area contributed by atoms with Crippen molar-refractivity contribution >= 4 is 0 Å². The lowest BCUT2D eigenvalue weighted by atomic mass is 10.0. The number of nitrogens with one attached hydrogen (secondary N) is 1. The van der Waals surface area contributed by atoms with Crippen molar-refractivity contribution < 1.29 is 9.47 Å². The summed E-state index contributed by atoms with van der Waals surface area (Å²) < 4.78 is 10.6. The molecule has 2 rings (SSSR count). The Morgan fingerprint density at radius 3 is 2.10 bits per heavy atom. The third-order valence-electron chi connectivity index (χ3n) is 3.72. The van der Waals surface area contributed by atoms with Gasteiger partial charge in [0.25, 0.3) is 0 Å². The van der Waals surface area contributed by atoms with Crippen molar-refractivity contribution in [2.75, 3.05) is 14.2 Å². The first-order valence-electron chi connectivity index (χ1n) is 7.18. The minimum Gasteiger partial charge on any atom is -0.497 e. The molecule has 0 aliphatic carbocycles. The van der Waals surface area contributed by atoms with Crippen LogP contribution < -0.4 is 14.8 Å². The smallest absolute Gasteiger partial charge is 0.123 e. The van der Waals surface area contributed by atoms with E-state index >= 15 is 0 Å². The van der Waals surface area contributed by atoms with Gasteiger partial charge in [-0.3, -0.25) is 0 Å². The Hall–Kier alpha value is -2.00. The predicted molar refractivity (Wildman–Crippen MR) is 86.0 cm³/mol. The van der Waals surface area contributed by atoms with Crippen molar-refractivity contribution in [2.24, 2.45) is 0 Å². The van der Waals surface area contributed by atoms with Gasteiger partial charge in [0.05, 0.1) is 14.2 Å². The highest BCUT2D eigenvalue weighted by Gasteiger charge is 2.14. The Balaban J connectivity index is 2.08. The van der Waals surface area contributed by atoms with E-state index in [9.17, 15) is 0 Å². The van der Waals surface area contributed by atoms with Gasteiger partial charge in [-0.15, -0.1) is 0 Å². The number of ether oxygens (including phenoxy) is 2. The number of para-hydroxylation sites is 1. The van der Waals surface area contributed by atoms with Crippen LogP contribution in [0.1, 0.15) is 37.1 Å². The van der Waals surface area contributed by atoms with Crippen LogP contribution in [-0.4, -0.2) is 14.2 Å². The zero-order valence-electron chi connectivity index (χ0n) is 13.1. The molecule has 0 saturated carbocycles. The fourth-order valence-corrected chi connectivity index (χ4v) is 2.48. The molecule has 0 amide bonds. The van der Waals surface area contributed by atoms with Crippen LogP contribution in [0.3, 0.4) is 0 Å². The van der Waals surface area contributed by atoms with E-state index in [1.54, 1.807) is 14.2 Å². The van der Waals surface area contributed by atoms with Gasteiger partial charge in [0.2, 0.25) is 0 Å². The second kappa shape index (κ2) is 7.14. The highest BCUT2D eigenvalue weighted by molar-refractivity contribution is 5.36. The zero-order chi connectivity index (χ0) is 15.2. The molecule has 2 aromatic carbocycles. The third-order valence-corrected chi connectivity index (χ3v) is 3.72. The van der Waals surface area contributed by atoms with E-state index in [-0.39, 0.29) is 12.1 Å². The summed E-state index contributed by atoms with van der Waals surface area (Å²) in [6.45, 7) is 4.31. The Morgan fingerprint density at radius 1 is 0.810 bits per heavy atom. The van der Waals surface area contributed by atoms with Crippen LogP contribution in [0.2, 0.25) is 0 Å². The van der Waals surface area contributed by atoms with Gasteiger partial charge in [-0.25, -0.2) is 0 Å². The second-order valence-electron chi connectivity index (χ2n) is 5.13. The standard InChI is InChI=1S/C18H23NO2/c1-13(15-9-11-16(20-3)12-10-15)19-14(2)17-7-5-6-8-18(17)21-4/h5-14,19H,1-4H3/t13-,14?/m0/s1. The first kappa shape index (κ1) is 15.4. The molecule has 1 unspecified atom stereocenters. The van der Waals surface area contributed by atoms with Crippen molar-refractivity contribution in [3.8, 4) is 11.5 Å². The second-order valence-corrected chi connectivity index (χ2v) is 5.13. The number of hydrogen-bond donors (Lipinski definition) is 1. The topological polar surface area (TPSA) is 30.5 Å². The third kappa shape index (κ3) is 3.76. The average molecular weight is 285 g/mol. The first-order valence-corrected chi connectivity index (χ1v) is 7.18. The minimum absolute atomic E-state index is 0.207. The quantitative estimate of drug-likeness (QED) is 0.866. The van der Waals surface area contributed by atoms with Crippen LogP contribution >= 0.6 is 0 Å². The first-order chi connectivity index (χ1) is 10.2. The summed E-state index contributed by atoms with van der Waals surface area (Å²) in [6, 6.07) is 16.7. The zero-order valence-corrected chi connectivity index (χ0v) is 13.1. The van der Waals surface area contributed by atoms with Crippen LogP contribution in [0, 0.1) is 0 Å². The molecular weight excluding hydrogens is 262 g/mol. The normalized spacial score (nSPS) is 13.5. The van der Waals surface area contributed by atoms with Gasteiger partial charge < -0.3 is 14.8 Å². The lowest BCUT2D eigenvalue weighted by molar-refractivity contribution is 0.396. The molecule has 0 radical (unpaired) electrons. The van der Waals surface area contributed by atoms with E-state index in [0.717, 1.165) is 11.5 Å². The van der Waals surface area contributed by atoms with E-state index in [2.05, 4.69) is 37.4 Å². The Labute approximate surface area is 126 Å². The van der Waals surface area contributed by atoms with Crippen molar-refractivity contribution in [1.82, 2.24) is 5.32 Å².